The molecule has 1 aromatic heterocycles. The number of carboxylic acids is 1. The molecule has 1 heterocycles. The van der Waals surface area contributed by atoms with Crippen molar-refractivity contribution < 1.29 is 46.4 Å². The topological polar surface area (TPSA) is 127 Å². The molecule has 0 aliphatic rings. The van der Waals surface area contributed by atoms with E-state index in [0.717, 1.165) is 12.1 Å². The Morgan fingerprint density at radius 3 is 2.16 bits per heavy atom. The molecule has 3 aromatic carbocycles. The van der Waals surface area contributed by atoms with Crippen LogP contribution in [0.2, 0.25) is 0 Å². The summed E-state index contributed by atoms with van der Waals surface area (Å²) < 4.78 is 78.9. The lowest BCUT2D eigenvalue weighted by molar-refractivity contribution is -0.138. The molecule has 50 heavy (non-hydrogen) atoms. The summed E-state index contributed by atoms with van der Waals surface area (Å²) in [7, 11) is 4.34. The van der Waals surface area contributed by atoms with Crippen LogP contribution in [0.3, 0.4) is 0 Å². The number of aromatic nitrogens is 2. The zero-order chi connectivity index (χ0) is 36.6. The lowest BCUT2D eigenvalue weighted by Crippen LogP contribution is -2.25. The predicted octanol–water partition coefficient (Wildman–Crippen LogP) is 7.77. The molecule has 14 heteroatoms. The van der Waals surface area contributed by atoms with E-state index in [1.54, 1.807) is 29.2 Å². The number of hydrogen-bond donors (Lipinski definition) is 1. The molecule has 0 fully saturated rings. The van der Waals surface area contributed by atoms with E-state index in [1.165, 1.54) is 45.9 Å². The summed E-state index contributed by atoms with van der Waals surface area (Å²) in [5.41, 5.74) is 1.11. The van der Waals surface area contributed by atoms with Gasteiger partial charge in [0.05, 0.1) is 57.5 Å². The van der Waals surface area contributed by atoms with Crippen molar-refractivity contribution in [1.29, 1.82) is 5.26 Å². The van der Waals surface area contributed by atoms with E-state index < -0.39 is 23.5 Å². The fraction of sp³-hybridized carbons (Fsp3) is 0.333. The monoisotopic (exact) mass is 696 g/mol. The number of aliphatic carboxylic acids is 1. The number of halogens is 4. The molecule has 0 unspecified atom stereocenters. The Morgan fingerprint density at radius 1 is 0.920 bits per heavy atom. The first-order chi connectivity index (χ1) is 23.8. The normalized spacial score (nSPS) is 11.2. The van der Waals surface area contributed by atoms with E-state index in [2.05, 4.69) is 9.97 Å². The van der Waals surface area contributed by atoms with Gasteiger partial charge in [-0.15, -0.1) is 0 Å². The maximum Gasteiger partial charge on any atom is 0.416 e. The summed E-state index contributed by atoms with van der Waals surface area (Å²) in [5.74, 6) is -0.250. The van der Waals surface area contributed by atoms with Crippen LogP contribution in [-0.4, -0.2) is 49.0 Å². The molecule has 0 spiro atoms. The van der Waals surface area contributed by atoms with E-state index in [1.807, 2.05) is 13.8 Å². The van der Waals surface area contributed by atoms with Crippen molar-refractivity contribution in [3.05, 3.63) is 88.5 Å². The third-order valence-corrected chi connectivity index (χ3v) is 7.73. The maximum absolute atomic E-state index is 15.1. The van der Waals surface area contributed by atoms with Crippen LogP contribution in [0, 0.1) is 17.1 Å². The highest BCUT2D eigenvalue weighted by atomic mass is 19.4. The molecule has 1 N–H and O–H groups in total. The minimum atomic E-state index is -4.70. The van der Waals surface area contributed by atoms with Gasteiger partial charge in [-0.1, -0.05) is 13.8 Å². The molecule has 10 nitrogen and oxygen atoms in total. The van der Waals surface area contributed by atoms with Crippen molar-refractivity contribution in [2.45, 2.75) is 51.9 Å². The van der Waals surface area contributed by atoms with E-state index >= 15 is 4.39 Å². The van der Waals surface area contributed by atoms with E-state index in [9.17, 15) is 23.2 Å². The number of benzene rings is 3. The minimum Gasteiger partial charge on any atom is -0.496 e. The number of nitrogens with zero attached hydrogens (tertiary/aromatic N) is 4. The summed E-state index contributed by atoms with van der Waals surface area (Å²) >= 11 is 0. The third kappa shape index (κ3) is 9.10. The number of ether oxygens (including phenoxy) is 4. The van der Waals surface area contributed by atoms with Crippen molar-refractivity contribution in [2.24, 2.45) is 0 Å². The number of alkyl halides is 3. The molecule has 264 valence electrons. The van der Waals surface area contributed by atoms with Crippen LogP contribution in [0.5, 0.6) is 23.0 Å². The Labute approximate surface area is 286 Å². The summed E-state index contributed by atoms with van der Waals surface area (Å²) in [6, 6.07) is 11.3. The molecule has 4 rings (SSSR count). The predicted molar refractivity (Wildman–Crippen MR) is 176 cm³/mol. The van der Waals surface area contributed by atoms with E-state index in [4.69, 9.17) is 24.1 Å². The fourth-order valence-electron chi connectivity index (χ4n) is 5.29. The van der Waals surface area contributed by atoms with Crippen molar-refractivity contribution >= 4 is 11.9 Å². The maximum atomic E-state index is 15.1. The van der Waals surface area contributed by atoms with Crippen LogP contribution >= 0.6 is 0 Å². The highest BCUT2D eigenvalue weighted by Gasteiger charge is 2.31. The van der Waals surface area contributed by atoms with Gasteiger partial charge in [-0.2, -0.15) is 18.4 Å². The van der Waals surface area contributed by atoms with Gasteiger partial charge >= 0.3 is 12.1 Å². The van der Waals surface area contributed by atoms with Gasteiger partial charge in [0.1, 0.15) is 11.6 Å². The van der Waals surface area contributed by atoms with E-state index in [0.29, 0.717) is 33.8 Å². The van der Waals surface area contributed by atoms with Gasteiger partial charge < -0.3 is 29.0 Å². The minimum absolute atomic E-state index is 0.00974. The number of methoxy groups -OCH3 is 3. The number of carboxylic acid groups (broad SMARTS) is 1. The van der Waals surface area contributed by atoms with Crippen LogP contribution in [0.25, 0.3) is 11.1 Å². The quantitative estimate of drug-likeness (QED) is 0.0973. The van der Waals surface area contributed by atoms with Gasteiger partial charge in [-0.25, -0.2) is 14.4 Å². The third-order valence-electron chi connectivity index (χ3n) is 7.73. The van der Waals surface area contributed by atoms with Gasteiger partial charge in [0.15, 0.2) is 17.2 Å². The summed E-state index contributed by atoms with van der Waals surface area (Å²) in [6.45, 7) is 3.64. The second kappa shape index (κ2) is 16.2. The zero-order valence-electron chi connectivity index (χ0n) is 28.1. The van der Waals surface area contributed by atoms with Crippen LogP contribution < -0.4 is 23.8 Å². The second-order valence-electron chi connectivity index (χ2n) is 11.5. The summed E-state index contributed by atoms with van der Waals surface area (Å²) in [5, 5.41) is 18.4. The number of anilines is 1. The van der Waals surface area contributed by atoms with Crippen LogP contribution in [0.4, 0.5) is 23.5 Å². The van der Waals surface area contributed by atoms with Crippen molar-refractivity contribution in [2.75, 3.05) is 32.8 Å². The Hall–Kier alpha value is -5.58. The fourth-order valence-corrected chi connectivity index (χ4v) is 5.29. The molecule has 0 amide bonds. The highest BCUT2D eigenvalue weighted by Crippen LogP contribution is 2.42. The Balaban J connectivity index is 1.87. The number of hydrogen-bond acceptors (Lipinski definition) is 9. The zero-order valence-corrected chi connectivity index (χ0v) is 28.1. The van der Waals surface area contributed by atoms with Gasteiger partial charge in [0.25, 0.3) is 0 Å². The van der Waals surface area contributed by atoms with Gasteiger partial charge in [0.2, 0.25) is 5.95 Å². The summed E-state index contributed by atoms with van der Waals surface area (Å²) in [4.78, 5) is 21.3. The smallest absolute Gasteiger partial charge is 0.416 e. The Kier molecular flexibility index (Phi) is 12.1. The van der Waals surface area contributed by atoms with Gasteiger partial charge in [-0.05, 0) is 71.0 Å². The van der Waals surface area contributed by atoms with Crippen LogP contribution in [0.15, 0.2) is 54.9 Å². The lowest BCUT2D eigenvalue weighted by atomic mass is 9.92. The molecular formula is C36H36F4N4O6. The molecule has 0 saturated heterocycles. The average Bonchev–Trinajstić information content (AvgIpc) is 3.09. The SMILES string of the molecule is COc1cc(CN(Cc2cc(C#N)cc(C(F)(F)F)c2)c2ncc(OCCCC(=O)O)cn2)c(-c2cc(C(C)C)c(F)cc2OC)cc1OC. The number of nitriles is 1. The average molecular weight is 697 g/mol. The van der Waals surface area contributed by atoms with Crippen LogP contribution in [-0.2, 0) is 24.1 Å². The number of rotatable bonds is 15. The highest BCUT2D eigenvalue weighted by molar-refractivity contribution is 5.77. The molecule has 0 radical (unpaired) electrons. The second-order valence-corrected chi connectivity index (χ2v) is 11.5. The van der Waals surface area contributed by atoms with Crippen molar-refractivity contribution in [3.63, 3.8) is 0 Å². The van der Waals surface area contributed by atoms with Gasteiger partial charge in [-0.3, -0.25) is 4.79 Å². The first-order valence-corrected chi connectivity index (χ1v) is 15.4. The first-order valence-electron chi connectivity index (χ1n) is 15.4. The Morgan fingerprint density at radius 2 is 1.58 bits per heavy atom. The lowest BCUT2D eigenvalue weighted by Gasteiger charge is -2.26. The van der Waals surface area contributed by atoms with Crippen LogP contribution in [0.1, 0.15) is 60.4 Å². The first kappa shape index (κ1) is 37.2. The van der Waals surface area contributed by atoms with E-state index in [-0.39, 0.29) is 67.0 Å². The van der Waals surface area contributed by atoms with Crippen molar-refractivity contribution in [3.8, 4) is 40.2 Å². The van der Waals surface area contributed by atoms with Crippen molar-refractivity contribution in [1.82, 2.24) is 9.97 Å². The molecule has 4 aromatic rings. The Bertz CT molecular complexity index is 1860. The van der Waals surface area contributed by atoms with Gasteiger partial charge in [0, 0.05) is 31.1 Å². The number of carbonyl (C=O) groups is 1. The molecular weight excluding hydrogens is 660 g/mol. The molecule has 0 atom stereocenters. The largest absolute Gasteiger partial charge is 0.496 e. The standard InChI is InChI=1S/C36H36F4N4O6/c1-21(2)27-13-29(31(47-3)15-30(27)37)28-14-33(49-5)32(48-4)12-24(28)20-44(19-23-9-22(16-41)10-25(11-23)36(38,39)40)35-42-17-26(18-43-35)50-8-6-7-34(45)46/h9-15,17-18,21H,6-8,19-20H2,1-5H3,(H,45,46). The molecule has 0 saturated carbocycles. The molecule has 0 aliphatic carbocycles. The summed E-state index contributed by atoms with van der Waals surface area (Å²) in [6.07, 6.45) is -1.79. The molecule has 0 bridgehead atoms. The molecule has 0 aliphatic heterocycles.